The Kier molecular flexibility index (Phi) is 3.86. The van der Waals surface area contributed by atoms with Gasteiger partial charge in [-0.1, -0.05) is 4.68 Å². The van der Waals surface area contributed by atoms with Crippen LogP contribution in [0.25, 0.3) is 10.4 Å². The lowest BCUT2D eigenvalue weighted by atomic mass is 10.2. The van der Waals surface area contributed by atoms with Gasteiger partial charge in [0.05, 0.1) is 12.7 Å². The minimum Gasteiger partial charge on any atom is -0.394 e. The van der Waals surface area contributed by atoms with Gasteiger partial charge in [-0.3, -0.25) is 4.57 Å². The first-order valence-corrected chi connectivity index (χ1v) is 5.72. The van der Waals surface area contributed by atoms with E-state index in [-0.39, 0.29) is 16.8 Å². The summed E-state index contributed by atoms with van der Waals surface area (Å²) in [5.74, 6) is 0. The topological polar surface area (TPSA) is 146 Å². The van der Waals surface area contributed by atoms with Gasteiger partial charge in [0.1, 0.15) is 12.3 Å². The molecule has 1 aromatic rings. The quantitative estimate of drug-likeness (QED) is 0.455. The van der Waals surface area contributed by atoms with E-state index in [1.165, 1.54) is 0 Å². The van der Waals surface area contributed by atoms with Crippen LogP contribution >= 0.6 is 0 Å². The molecule has 2 atom stereocenters. The molecule has 1 aliphatic heterocycles. The normalized spacial score (nSPS) is 21.2. The lowest BCUT2D eigenvalue weighted by Gasteiger charge is -2.14. The van der Waals surface area contributed by atoms with E-state index in [2.05, 4.69) is 10.1 Å². The lowest BCUT2D eigenvalue weighted by Crippen LogP contribution is -2.40. The van der Waals surface area contributed by atoms with Crippen LogP contribution in [0.5, 0.6) is 0 Å². The van der Waals surface area contributed by atoms with E-state index < -0.39 is 23.6 Å². The summed E-state index contributed by atoms with van der Waals surface area (Å²) in [5, 5.41) is 20.9. The highest BCUT2D eigenvalue weighted by Crippen LogP contribution is 2.26. The molecule has 0 unspecified atom stereocenters. The van der Waals surface area contributed by atoms with Crippen molar-refractivity contribution in [2.24, 2.45) is 5.22 Å². The average Bonchev–Trinajstić information content (AvgIpc) is 2.92. The first-order chi connectivity index (χ1) is 9.62. The van der Waals surface area contributed by atoms with E-state index in [4.69, 9.17) is 20.6 Å². The molecule has 1 aliphatic rings. The Hall–Kier alpha value is -2.60. The van der Waals surface area contributed by atoms with E-state index in [1.54, 1.807) is 6.07 Å². The van der Waals surface area contributed by atoms with Gasteiger partial charge in [-0.05, 0) is 18.1 Å². The van der Waals surface area contributed by atoms with E-state index in [9.17, 15) is 9.59 Å². The number of aliphatic hydroxyl groups excluding tert-OH is 1. The summed E-state index contributed by atoms with van der Waals surface area (Å²) >= 11 is 0. The molecule has 2 heterocycles. The lowest BCUT2D eigenvalue weighted by molar-refractivity contribution is -0.0252. The number of ether oxygens (including phenoxy) is 1. The third-order valence-corrected chi connectivity index (χ3v) is 2.94. The average molecular weight is 278 g/mol. The van der Waals surface area contributed by atoms with Crippen LogP contribution in [0.15, 0.2) is 21.0 Å². The van der Waals surface area contributed by atoms with Gasteiger partial charge in [-0.15, -0.1) is 5.53 Å². The van der Waals surface area contributed by atoms with E-state index >= 15 is 0 Å². The molecular weight excluding hydrogens is 268 g/mol. The molecular formula is C10H10N6O4. The van der Waals surface area contributed by atoms with Crippen molar-refractivity contribution in [3.8, 4) is 6.07 Å². The van der Waals surface area contributed by atoms with Gasteiger partial charge in [0, 0.05) is 6.20 Å². The second kappa shape index (κ2) is 5.58. The molecule has 10 heteroatoms. The predicted octanol–water partition coefficient (Wildman–Crippen LogP) is -0.375. The molecule has 1 saturated heterocycles. The van der Waals surface area contributed by atoms with Crippen molar-refractivity contribution in [3.63, 3.8) is 0 Å². The number of hydrogen-bond acceptors (Lipinski definition) is 6. The summed E-state index contributed by atoms with van der Waals surface area (Å²) < 4.78 is 6.69. The van der Waals surface area contributed by atoms with Gasteiger partial charge in [-0.25, -0.2) is 9.59 Å². The molecule has 0 spiro atoms. The van der Waals surface area contributed by atoms with Crippen LogP contribution in [-0.4, -0.2) is 27.1 Å². The second-order valence-corrected chi connectivity index (χ2v) is 4.11. The number of nitriles is 1. The van der Waals surface area contributed by atoms with Crippen LogP contribution in [0.3, 0.4) is 0 Å². The fourth-order valence-electron chi connectivity index (χ4n) is 1.99. The number of nitrogens with zero attached hydrogens (tertiary/aromatic N) is 6. The van der Waals surface area contributed by atoms with Crippen LogP contribution in [0.4, 0.5) is 0 Å². The van der Waals surface area contributed by atoms with E-state index in [1.807, 2.05) is 0 Å². The van der Waals surface area contributed by atoms with Gasteiger partial charge < -0.3 is 9.84 Å². The Bertz CT molecular complexity index is 723. The van der Waals surface area contributed by atoms with Crippen LogP contribution in [-0.2, 0) is 4.74 Å². The molecule has 0 aromatic carbocycles. The van der Waals surface area contributed by atoms with Crippen LogP contribution in [0, 0.1) is 11.3 Å². The Labute approximate surface area is 111 Å². The Morgan fingerprint density at radius 2 is 2.35 bits per heavy atom. The van der Waals surface area contributed by atoms with Crippen molar-refractivity contribution in [2.75, 3.05) is 6.61 Å². The molecule has 0 bridgehead atoms. The molecule has 20 heavy (non-hydrogen) atoms. The van der Waals surface area contributed by atoms with Gasteiger partial charge in [0.15, 0.2) is 5.56 Å². The van der Waals surface area contributed by atoms with Crippen molar-refractivity contribution >= 4 is 0 Å². The zero-order valence-electron chi connectivity index (χ0n) is 10.2. The molecule has 0 radical (unpaired) electrons. The van der Waals surface area contributed by atoms with Crippen molar-refractivity contribution in [1.82, 2.24) is 9.24 Å². The summed E-state index contributed by atoms with van der Waals surface area (Å²) in [6, 6.07) is 1.63. The molecule has 0 amide bonds. The van der Waals surface area contributed by atoms with Gasteiger partial charge in [-0.2, -0.15) is 10.2 Å². The zero-order valence-corrected chi connectivity index (χ0v) is 10.2. The fraction of sp³-hybridized carbons (Fsp3) is 0.500. The Morgan fingerprint density at radius 3 is 2.90 bits per heavy atom. The monoisotopic (exact) mass is 278 g/mol. The van der Waals surface area contributed by atoms with Crippen LogP contribution in [0.1, 0.15) is 24.6 Å². The molecule has 0 aliphatic carbocycles. The summed E-state index contributed by atoms with van der Waals surface area (Å²) in [4.78, 5) is 26.1. The highest BCUT2D eigenvalue weighted by atomic mass is 16.5. The molecule has 1 fully saturated rings. The first kappa shape index (κ1) is 13.8. The third-order valence-electron chi connectivity index (χ3n) is 2.94. The Balaban J connectivity index is 2.58. The summed E-state index contributed by atoms with van der Waals surface area (Å²) in [6.07, 6.45) is 0.920. The highest BCUT2D eigenvalue weighted by Gasteiger charge is 2.29. The van der Waals surface area contributed by atoms with E-state index in [0.717, 1.165) is 10.8 Å². The SMILES string of the molecule is N#Cc1cn([C@@H]2CC[C@H](CO)O2)c(=O)n(N=[N+]=[N-])c1=O. The number of hydrogen-bond donors (Lipinski definition) is 1. The molecule has 104 valence electrons. The number of rotatable bonds is 3. The minimum atomic E-state index is -0.983. The number of aromatic nitrogens is 2. The van der Waals surface area contributed by atoms with Crippen molar-refractivity contribution in [2.45, 2.75) is 25.2 Å². The summed E-state index contributed by atoms with van der Waals surface area (Å²) in [7, 11) is 0. The maximum Gasteiger partial charge on any atom is 0.428 e. The van der Waals surface area contributed by atoms with Crippen LogP contribution < -0.4 is 11.2 Å². The van der Waals surface area contributed by atoms with Crippen molar-refractivity contribution in [1.29, 1.82) is 5.26 Å². The molecule has 1 N–H and O–H groups in total. The first-order valence-electron chi connectivity index (χ1n) is 5.72. The highest BCUT2D eigenvalue weighted by molar-refractivity contribution is 5.22. The van der Waals surface area contributed by atoms with E-state index in [0.29, 0.717) is 12.8 Å². The largest absolute Gasteiger partial charge is 0.428 e. The van der Waals surface area contributed by atoms with Gasteiger partial charge in [0.25, 0.3) is 0 Å². The van der Waals surface area contributed by atoms with Crippen molar-refractivity contribution < 1.29 is 9.84 Å². The number of azide groups is 1. The zero-order chi connectivity index (χ0) is 14.7. The molecule has 10 nitrogen and oxygen atoms in total. The molecule has 1 aromatic heterocycles. The fourth-order valence-corrected chi connectivity index (χ4v) is 1.99. The Morgan fingerprint density at radius 1 is 1.60 bits per heavy atom. The summed E-state index contributed by atoms with van der Waals surface area (Å²) in [5.41, 5.74) is 6.16. The predicted molar refractivity (Wildman–Crippen MR) is 64.5 cm³/mol. The third kappa shape index (κ3) is 2.28. The van der Waals surface area contributed by atoms with Gasteiger partial charge in [0.2, 0.25) is 0 Å². The molecule has 0 saturated carbocycles. The smallest absolute Gasteiger partial charge is 0.394 e. The maximum absolute atomic E-state index is 12.0. The van der Waals surface area contributed by atoms with Gasteiger partial charge >= 0.3 is 11.2 Å². The molecule has 2 rings (SSSR count). The standard InChI is InChI=1S/C10H10N6O4/c11-3-6-4-15(8-2-1-7(5-17)20-8)10(19)16(9(6)18)14-13-12/h4,7-8,17H,1-2,5H2/t7-,8+/m1/s1. The summed E-state index contributed by atoms with van der Waals surface area (Å²) in [6.45, 7) is -0.188. The minimum absolute atomic E-state index is 0.188. The second-order valence-electron chi connectivity index (χ2n) is 4.11. The number of aliphatic hydroxyl groups is 1. The maximum atomic E-state index is 12.0. The van der Waals surface area contributed by atoms with Crippen molar-refractivity contribution in [3.05, 3.63) is 43.0 Å². The van der Waals surface area contributed by atoms with Crippen LogP contribution in [0.2, 0.25) is 0 Å².